The quantitative estimate of drug-likeness (QED) is 0.876. The fourth-order valence-electron chi connectivity index (χ4n) is 2.07. The van der Waals surface area contributed by atoms with Gasteiger partial charge in [0.2, 0.25) is 0 Å². The Labute approximate surface area is 114 Å². The first-order valence-corrected chi connectivity index (χ1v) is 6.40. The summed E-state index contributed by atoms with van der Waals surface area (Å²) in [5, 5.41) is 12.8. The largest absolute Gasteiger partial charge is 0.508 e. The number of phenols is 1. The Morgan fingerprint density at radius 1 is 1.00 bits per heavy atom. The number of hydrogen-bond acceptors (Lipinski definition) is 3. The van der Waals surface area contributed by atoms with Gasteiger partial charge in [0.1, 0.15) is 5.75 Å². The molecule has 0 spiro atoms. The monoisotopic (exact) mass is 256 g/mol. The number of nitrogens with one attached hydrogen (secondary N) is 1. The highest BCUT2D eigenvalue weighted by molar-refractivity contribution is 5.69. The number of aromatic hydroxyl groups is 1. The molecule has 1 atom stereocenters. The molecule has 0 aliphatic carbocycles. The molecule has 3 nitrogen and oxygen atoms in total. The van der Waals surface area contributed by atoms with Crippen molar-refractivity contribution in [2.45, 2.75) is 13.0 Å². The van der Waals surface area contributed by atoms with Gasteiger partial charge in [0.15, 0.2) is 0 Å². The highest BCUT2D eigenvalue weighted by atomic mass is 16.3. The van der Waals surface area contributed by atoms with E-state index in [0.29, 0.717) is 5.75 Å². The third-order valence-electron chi connectivity index (χ3n) is 3.15. The zero-order valence-corrected chi connectivity index (χ0v) is 11.6. The first-order valence-electron chi connectivity index (χ1n) is 6.40. The molecular formula is C16H20N2O. The summed E-state index contributed by atoms with van der Waals surface area (Å²) in [5.74, 6) is 0.296. The molecule has 0 aliphatic rings. The lowest BCUT2D eigenvalue weighted by Crippen LogP contribution is -2.13. The van der Waals surface area contributed by atoms with E-state index in [1.54, 1.807) is 12.1 Å². The summed E-state index contributed by atoms with van der Waals surface area (Å²) in [5.41, 5.74) is 3.41. The molecular weight excluding hydrogens is 236 g/mol. The maximum absolute atomic E-state index is 9.32. The van der Waals surface area contributed by atoms with Gasteiger partial charge in [0.05, 0.1) is 11.4 Å². The van der Waals surface area contributed by atoms with Crippen molar-refractivity contribution in [2.75, 3.05) is 24.3 Å². The third kappa shape index (κ3) is 3.19. The van der Waals surface area contributed by atoms with Crippen LogP contribution in [0.4, 0.5) is 11.4 Å². The van der Waals surface area contributed by atoms with Crippen LogP contribution in [-0.4, -0.2) is 19.2 Å². The lowest BCUT2D eigenvalue weighted by Gasteiger charge is -2.22. The molecule has 100 valence electrons. The predicted octanol–water partition coefficient (Wildman–Crippen LogP) is 3.63. The molecule has 2 aromatic rings. The summed E-state index contributed by atoms with van der Waals surface area (Å²) in [4.78, 5) is 2.09. The molecule has 0 saturated carbocycles. The number of phenolic OH excluding ortho intramolecular Hbond substituents is 1. The Kier molecular flexibility index (Phi) is 3.95. The molecule has 0 fully saturated rings. The smallest absolute Gasteiger partial charge is 0.115 e. The first kappa shape index (κ1) is 13.3. The lowest BCUT2D eigenvalue weighted by molar-refractivity contribution is 0.475. The van der Waals surface area contributed by atoms with E-state index in [1.807, 2.05) is 38.4 Å². The van der Waals surface area contributed by atoms with E-state index in [0.717, 1.165) is 16.9 Å². The minimum absolute atomic E-state index is 0.182. The van der Waals surface area contributed by atoms with E-state index < -0.39 is 0 Å². The van der Waals surface area contributed by atoms with Crippen LogP contribution in [0.15, 0.2) is 48.5 Å². The van der Waals surface area contributed by atoms with Gasteiger partial charge in [-0.25, -0.2) is 0 Å². The Morgan fingerprint density at radius 2 is 1.63 bits per heavy atom. The maximum atomic E-state index is 9.32. The molecule has 0 aromatic heterocycles. The van der Waals surface area contributed by atoms with Gasteiger partial charge < -0.3 is 15.3 Å². The van der Waals surface area contributed by atoms with Gasteiger partial charge in [0, 0.05) is 20.1 Å². The van der Waals surface area contributed by atoms with Crippen molar-refractivity contribution >= 4 is 11.4 Å². The summed E-state index contributed by atoms with van der Waals surface area (Å²) in [7, 11) is 4.07. The van der Waals surface area contributed by atoms with Gasteiger partial charge >= 0.3 is 0 Å². The Morgan fingerprint density at radius 3 is 2.26 bits per heavy atom. The van der Waals surface area contributed by atoms with Crippen molar-refractivity contribution in [1.29, 1.82) is 0 Å². The van der Waals surface area contributed by atoms with Gasteiger partial charge in [-0.15, -0.1) is 0 Å². The highest BCUT2D eigenvalue weighted by Crippen LogP contribution is 2.28. The number of nitrogens with zero attached hydrogens (tertiary/aromatic N) is 1. The first-order chi connectivity index (χ1) is 9.08. The minimum atomic E-state index is 0.182. The van der Waals surface area contributed by atoms with E-state index >= 15 is 0 Å². The summed E-state index contributed by atoms with van der Waals surface area (Å²) in [6.45, 7) is 2.11. The predicted molar refractivity (Wildman–Crippen MR) is 80.9 cm³/mol. The number of rotatable bonds is 4. The minimum Gasteiger partial charge on any atom is -0.508 e. The van der Waals surface area contributed by atoms with Crippen LogP contribution in [0.3, 0.4) is 0 Å². The SMILES string of the molecule is CC(Nc1ccccc1N(C)C)c1ccc(O)cc1. The Hall–Kier alpha value is -2.16. The van der Waals surface area contributed by atoms with Crippen LogP contribution in [-0.2, 0) is 0 Å². The van der Waals surface area contributed by atoms with Gasteiger partial charge in [-0.2, -0.15) is 0 Å². The van der Waals surface area contributed by atoms with E-state index in [2.05, 4.69) is 29.3 Å². The van der Waals surface area contributed by atoms with Crippen LogP contribution in [0, 0.1) is 0 Å². The van der Waals surface area contributed by atoms with Crippen LogP contribution in [0.25, 0.3) is 0 Å². The average Bonchev–Trinajstić information content (AvgIpc) is 2.39. The van der Waals surface area contributed by atoms with E-state index in [-0.39, 0.29) is 6.04 Å². The molecule has 0 radical (unpaired) electrons. The van der Waals surface area contributed by atoms with E-state index in [1.165, 1.54) is 0 Å². The van der Waals surface area contributed by atoms with Crippen LogP contribution in [0.1, 0.15) is 18.5 Å². The van der Waals surface area contributed by atoms with Gasteiger partial charge in [0.25, 0.3) is 0 Å². The lowest BCUT2D eigenvalue weighted by atomic mass is 10.1. The molecule has 1 unspecified atom stereocenters. The van der Waals surface area contributed by atoms with Crippen LogP contribution >= 0.6 is 0 Å². The molecule has 19 heavy (non-hydrogen) atoms. The van der Waals surface area contributed by atoms with E-state index in [4.69, 9.17) is 0 Å². The number of para-hydroxylation sites is 2. The van der Waals surface area contributed by atoms with Crippen LogP contribution in [0.2, 0.25) is 0 Å². The second-order valence-electron chi connectivity index (χ2n) is 4.87. The number of hydrogen-bond donors (Lipinski definition) is 2. The standard InChI is InChI=1S/C16H20N2O/c1-12(13-8-10-14(19)11-9-13)17-15-6-4-5-7-16(15)18(2)3/h4-12,17,19H,1-3H3. The molecule has 0 amide bonds. The van der Waals surface area contributed by atoms with Gasteiger partial charge in [-0.05, 0) is 36.8 Å². The molecule has 0 bridgehead atoms. The summed E-state index contributed by atoms with van der Waals surface area (Å²) < 4.78 is 0. The van der Waals surface area contributed by atoms with Crippen LogP contribution in [0.5, 0.6) is 5.75 Å². The van der Waals surface area contributed by atoms with Crippen molar-refractivity contribution in [3.63, 3.8) is 0 Å². The zero-order valence-electron chi connectivity index (χ0n) is 11.6. The van der Waals surface area contributed by atoms with Crippen molar-refractivity contribution in [2.24, 2.45) is 0 Å². The Balaban J connectivity index is 2.19. The topological polar surface area (TPSA) is 35.5 Å². The average molecular weight is 256 g/mol. The zero-order chi connectivity index (χ0) is 13.8. The van der Waals surface area contributed by atoms with Crippen molar-refractivity contribution in [3.8, 4) is 5.75 Å². The summed E-state index contributed by atoms with van der Waals surface area (Å²) in [6.07, 6.45) is 0. The second-order valence-corrected chi connectivity index (χ2v) is 4.87. The van der Waals surface area contributed by atoms with Crippen LogP contribution < -0.4 is 10.2 Å². The summed E-state index contributed by atoms with van der Waals surface area (Å²) >= 11 is 0. The Bertz CT molecular complexity index is 535. The molecule has 0 heterocycles. The van der Waals surface area contributed by atoms with Crippen molar-refractivity contribution in [1.82, 2.24) is 0 Å². The highest BCUT2D eigenvalue weighted by Gasteiger charge is 2.09. The fourth-order valence-corrected chi connectivity index (χ4v) is 2.07. The van der Waals surface area contributed by atoms with Crippen molar-refractivity contribution in [3.05, 3.63) is 54.1 Å². The summed E-state index contributed by atoms with van der Waals surface area (Å²) in [6, 6.07) is 15.7. The van der Waals surface area contributed by atoms with Gasteiger partial charge in [-0.3, -0.25) is 0 Å². The molecule has 3 heteroatoms. The number of anilines is 2. The molecule has 2 N–H and O–H groups in total. The van der Waals surface area contributed by atoms with Gasteiger partial charge in [-0.1, -0.05) is 24.3 Å². The molecule has 2 aromatic carbocycles. The van der Waals surface area contributed by atoms with E-state index in [9.17, 15) is 5.11 Å². The second kappa shape index (κ2) is 5.65. The maximum Gasteiger partial charge on any atom is 0.115 e. The molecule has 0 saturated heterocycles. The normalized spacial score (nSPS) is 11.9. The third-order valence-corrected chi connectivity index (χ3v) is 3.15. The fraction of sp³-hybridized carbons (Fsp3) is 0.250. The molecule has 0 aliphatic heterocycles. The molecule has 2 rings (SSSR count). The number of benzene rings is 2. The van der Waals surface area contributed by atoms with Crippen molar-refractivity contribution < 1.29 is 5.11 Å².